The third-order valence-corrected chi connectivity index (χ3v) is 4.84. The maximum atomic E-state index is 3.53. The normalized spacial score (nSPS) is 36.4. The van der Waals surface area contributed by atoms with Gasteiger partial charge in [0.05, 0.1) is 0 Å². The average molecular weight is 224 g/mol. The fourth-order valence-corrected chi connectivity index (χ4v) is 3.43. The minimum atomic E-state index is 0.763. The second-order valence-corrected chi connectivity index (χ2v) is 6.10. The van der Waals surface area contributed by atoms with Crippen LogP contribution in [-0.4, -0.2) is 37.6 Å². The van der Waals surface area contributed by atoms with Gasteiger partial charge in [-0.25, -0.2) is 0 Å². The lowest BCUT2D eigenvalue weighted by Gasteiger charge is -2.41. The lowest BCUT2D eigenvalue weighted by molar-refractivity contribution is 0.102. The van der Waals surface area contributed by atoms with Crippen molar-refractivity contribution in [3.63, 3.8) is 0 Å². The highest BCUT2D eigenvalue weighted by molar-refractivity contribution is 4.87. The number of nitrogens with zero attached hydrogens (tertiary/aromatic N) is 1. The van der Waals surface area contributed by atoms with E-state index in [0.29, 0.717) is 0 Å². The van der Waals surface area contributed by atoms with E-state index in [-0.39, 0.29) is 0 Å². The highest BCUT2D eigenvalue weighted by Gasteiger charge is 2.31. The van der Waals surface area contributed by atoms with Crippen LogP contribution in [0.3, 0.4) is 0 Å². The topological polar surface area (TPSA) is 15.3 Å². The Hall–Kier alpha value is -0.0800. The summed E-state index contributed by atoms with van der Waals surface area (Å²) in [5.41, 5.74) is 0. The van der Waals surface area contributed by atoms with Crippen LogP contribution in [0.25, 0.3) is 0 Å². The number of rotatable bonds is 4. The van der Waals surface area contributed by atoms with Crippen molar-refractivity contribution in [3.05, 3.63) is 0 Å². The van der Waals surface area contributed by atoms with E-state index >= 15 is 0 Å². The molecule has 3 atom stereocenters. The predicted octanol–water partition coefficient (Wildman–Crippen LogP) is 2.49. The van der Waals surface area contributed by atoms with Gasteiger partial charge in [-0.3, -0.25) is 0 Å². The zero-order chi connectivity index (χ0) is 11.5. The zero-order valence-electron chi connectivity index (χ0n) is 11.2. The first-order valence-corrected chi connectivity index (χ1v) is 7.08. The largest absolute Gasteiger partial charge is 0.317 e. The number of hydrogen-bond donors (Lipinski definition) is 1. The van der Waals surface area contributed by atoms with E-state index in [4.69, 9.17) is 0 Å². The molecule has 0 heterocycles. The van der Waals surface area contributed by atoms with Crippen molar-refractivity contribution >= 4 is 0 Å². The van der Waals surface area contributed by atoms with E-state index in [0.717, 1.165) is 23.9 Å². The third-order valence-electron chi connectivity index (χ3n) is 4.84. The molecule has 0 bridgehead atoms. The summed E-state index contributed by atoms with van der Waals surface area (Å²) in [6, 6.07) is 1.66. The SMILES string of the molecule is CNC1CCC(C)CC1CN(C)C1CCC1. The standard InChI is InChI=1S/C14H28N2/c1-11-7-8-14(15-2)12(9-11)10-16(3)13-5-4-6-13/h11-15H,4-10H2,1-3H3. The Morgan fingerprint density at radius 2 is 1.94 bits per heavy atom. The van der Waals surface area contributed by atoms with Gasteiger partial charge in [0.15, 0.2) is 0 Å². The molecule has 0 saturated heterocycles. The van der Waals surface area contributed by atoms with Crippen LogP contribution < -0.4 is 5.32 Å². The Bertz CT molecular complexity index is 213. The Balaban J connectivity index is 1.84. The van der Waals surface area contributed by atoms with Crippen LogP contribution in [-0.2, 0) is 0 Å². The van der Waals surface area contributed by atoms with Crippen molar-refractivity contribution in [1.82, 2.24) is 10.2 Å². The summed E-state index contributed by atoms with van der Waals surface area (Å²) in [6.45, 7) is 3.72. The molecule has 2 nitrogen and oxygen atoms in total. The molecule has 1 N–H and O–H groups in total. The Labute approximate surface area is 101 Å². The molecule has 3 unspecified atom stereocenters. The first-order valence-electron chi connectivity index (χ1n) is 7.08. The maximum Gasteiger partial charge on any atom is 0.0105 e. The van der Waals surface area contributed by atoms with Gasteiger partial charge in [0.25, 0.3) is 0 Å². The van der Waals surface area contributed by atoms with Gasteiger partial charge in [0, 0.05) is 18.6 Å². The molecule has 0 aromatic heterocycles. The van der Waals surface area contributed by atoms with E-state index < -0.39 is 0 Å². The summed E-state index contributed by atoms with van der Waals surface area (Å²) >= 11 is 0. The van der Waals surface area contributed by atoms with E-state index in [1.165, 1.54) is 45.1 Å². The molecule has 2 fully saturated rings. The van der Waals surface area contributed by atoms with Gasteiger partial charge in [-0.05, 0) is 58.0 Å². The first kappa shape index (κ1) is 12.4. The third kappa shape index (κ3) is 2.78. The van der Waals surface area contributed by atoms with Crippen LogP contribution in [0.1, 0.15) is 45.4 Å². The molecule has 0 aliphatic heterocycles. The molecular weight excluding hydrogens is 196 g/mol. The number of nitrogens with one attached hydrogen (secondary N) is 1. The molecule has 2 saturated carbocycles. The van der Waals surface area contributed by atoms with Crippen LogP contribution in [0.4, 0.5) is 0 Å². The molecule has 2 rings (SSSR count). The smallest absolute Gasteiger partial charge is 0.0105 e. The van der Waals surface area contributed by atoms with Crippen molar-refractivity contribution in [1.29, 1.82) is 0 Å². The fourth-order valence-electron chi connectivity index (χ4n) is 3.43. The molecule has 0 aromatic carbocycles. The minimum Gasteiger partial charge on any atom is -0.317 e. The van der Waals surface area contributed by atoms with E-state index in [9.17, 15) is 0 Å². The van der Waals surface area contributed by atoms with E-state index in [2.05, 4.69) is 31.2 Å². The van der Waals surface area contributed by atoms with Crippen molar-refractivity contribution in [3.8, 4) is 0 Å². The lowest BCUT2D eigenvalue weighted by Crippen LogP contribution is -2.47. The molecule has 0 aromatic rings. The van der Waals surface area contributed by atoms with Crippen molar-refractivity contribution in [2.75, 3.05) is 20.6 Å². The van der Waals surface area contributed by atoms with Crippen LogP contribution in [0, 0.1) is 11.8 Å². The van der Waals surface area contributed by atoms with Gasteiger partial charge in [0.1, 0.15) is 0 Å². The van der Waals surface area contributed by atoms with Crippen molar-refractivity contribution in [2.45, 2.75) is 57.5 Å². The highest BCUT2D eigenvalue weighted by Crippen LogP contribution is 2.31. The highest BCUT2D eigenvalue weighted by atomic mass is 15.1. The molecule has 0 radical (unpaired) electrons. The molecule has 0 amide bonds. The summed E-state index contributed by atoms with van der Waals surface area (Å²) in [5.74, 6) is 1.81. The Kier molecular flexibility index (Phi) is 4.26. The van der Waals surface area contributed by atoms with E-state index in [1.54, 1.807) is 0 Å². The maximum absolute atomic E-state index is 3.53. The predicted molar refractivity (Wildman–Crippen MR) is 69.6 cm³/mol. The van der Waals surface area contributed by atoms with Gasteiger partial charge >= 0.3 is 0 Å². The molecular formula is C14H28N2. The van der Waals surface area contributed by atoms with Gasteiger partial charge in [-0.1, -0.05) is 13.3 Å². The van der Waals surface area contributed by atoms with Gasteiger partial charge in [-0.2, -0.15) is 0 Å². The lowest BCUT2D eigenvalue weighted by atomic mass is 9.78. The molecule has 16 heavy (non-hydrogen) atoms. The Morgan fingerprint density at radius 3 is 2.50 bits per heavy atom. The van der Waals surface area contributed by atoms with Crippen LogP contribution >= 0.6 is 0 Å². The molecule has 94 valence electrons. The van der Waals surface area contributed by atoms with Gasteiger partial charge in [-0.15, -0.1) is 0 Å². The second kappa shape index (κ2) is 5.50. The summed E-state index contributed by atoms with van der Waals surface area (Å²) in [7, 11) is 4.47. The molecule has 2 aliphatic carbocycles. The quantitative estimate of drug-likeness (QED) is 0.789. The van der Waals surface area contributed by atoms with Crippen LogP contribution in [0.2, 0.25) is 0 Å². The van der Waals surface area contributed by atoms with E-state index in [1.807, 2.05) is 0 Å². The molecule has 0 spiro atoms. The zero-order valence-corrected chi connectivity index (χ0v) is 11.2. The second-order valence-electron chi connectivity index (χ2n) is 6.10. The summed E-state index contributed by atoms with van der Waals surface area (Å²) in [6.07, 6.45) is 8.52. The monoisotopic (exact) mass is 224 g/mol. The molecule has 2 heteroatoms. The van der Waals surface area contributed by atoms with Crippen LogP contribution in [0.15, 0.2) is 0 Å². The fraction of sp³-hybridized carbons (Fsp3) is 1.00. The average Bonchev–Trinajstić information content (AvgIpc) is 2.15. The summed E-state index contributed by atoms with van der Waals surface area (Å²) in [5, 5.41) is 3.53. The van der Waals surface area contributed by atoms with Gasteiger partial charge < -0.3 is 10.2 Å². The van der Waals surface area contributed by atoms with Crippen molar-refractivity contribution < 1.29 is 0 Å². The summed E-state index contributed by atoms with van der Waals surface area (Å²) < 4.78 is 0. The van der Waals surface area contributed by atoms with Crippen molar-refractivity contribution in [2.24, 2.45) is 11.8 Å². The summed E-state index contributed by atoms with van der Waals surface area (Å²) in [4.78, 5) is 2.62. The molecule has 2 aliphatic rings. The first-order chi connectivity index (χ1) is 7.70. The number of hydrogen-bond acceptors (Lipinski definition) is 2. The van der Waals surface area contributed by atoms with Crippen LogP contribution in [0.5, 0.6) is 0 Å². The Morgan fingerprint density at radius 1 is 1.19 bits per heavy atom. The van der Waals surface area contributed by atoms with Gasteiger partial charge in [0.2, 0.25) is 0 Å². The minimum absolute atomic E-state index is 0.763.